The lowest BCUT2D eigenvalue weighted by molar-refractivity contribution is 0.271. The Morgan fingerprint density at radius 3 is 2.79 bits per heavy atom. The van der Waals surface area contributed by atoms with Crippen LogP contribution in [0, 0.1) is 6.92 Å². The zero-order valence-electron chi connectivity index (χ0n) is 11.2. The largest absolute Gasteiger partial charge is 0.390 e. The van der Waals surface area contributed by atoms with Crippen LogP contribution in [-0.4, -0.2) is 24.4 Å². The van der Waals surface area contributed by atoms with Gasteiger partial charge in [-0.3, -0.25) is 4.68 Å². The molecule has 0 aliphatic carbocycles. The van der Waals surface area contributed by atoms with Crippen LogP contribution in [0.25, 0.3) is 0 Å². The highest BCUT2D eigenvalue weighted by Crippen LogP contribution is 2.28. The number of rotatable bonds is 5. The summed E-state index contributed by atoms with van der Waals surface area (Å²) in [6.07, 6.45) is 1.71. The molecule has 0 radical (unpaired) electrons. The minimum absolute atomic E-state index is 0.0136. The number of hydrogen-bond donors (Lipinski definition) is 1. The molecule has 7 heteroatoms. The highest BCUT2D eigenvalue weighted by Gasteiger charge is 2.14. The number of nitrogens with zero attached hydrogens (tertiary/aromatic N) is 4. The van der Waals surface area contributed by atoms with Crippen molar-refractivity contribution in [3.63, 3.8) is 0 Å². The molecule has 0 spiro atoms. The third-order valence-corrected chi connectivity index (χ3v) is 5.08. The summed E-state index contributed by atoms with van der Waals surface area (Å²) in [6.45, 7) is 4.94. The first-order chi connectivity index (χ1) is 9.08. The fourth-order valence-electron chi connectivity index (χ4n) is 1.85. The van der Waals surface area contributed by atoms with Crippen molar-refractivity contribution in [1.82, 2.24) is 19.3 Å². The summed E-state index contributed by atoms with van der Waals surface area (Å²) in [5.41, 5.74) is 2.99. The zero-order chi connectivity index (χ0) is 14.0. The van der Waals surface area contributed by atoms with Gasteiger partial charge in [0.15, 0.2) is 5.16 Å². The van der Waals surface area contributed by atoms with E-state index in [4.69, 9.17) is 5.11 Å². The molecule has 2 aromatic rings. The van der Waals surface area contributed by atoms with Gasteiger partial charge in [0.1, 0.15) is 0 Å². The Balaban J connectivity index is 2.16. The monoisotopic (exact) mass is 344 g/mol. The summed E-state index contributed by atoms with van der Waals surface area (Å²) >= 11 is 5.23. The Bertz CT molecular complexity index is 579. The van der Waals surface area contributed by atoms with Gasteiger partial charge in [0.25, 0.3) is 0 Å². The molecule has 5 nitrogen and oxygen atoms in total. The van der Waals surface area contributed by atoms with Gasteiger partial charge in [0.05, 0.1) is 34.4 Å². The fraction of sp³-hybridized carbons (Fsp3) is 0.500. The SMILES string of the molecule is CCn1nc(C)c(Br)c1CSc1ncc(CO)n1C. The lowest BCUT2D eigenvalue weighted by Crippen LogP contribution is -2.03. The van der Waals surface area contributed by atoms with Crippen molar-refractivity contribution in [1.29, 1.82) is 0 Å². The average molecular weight is 345 g/mol. The smallest absolute Gasteiger partial charge is 0.168 e. The molecule has 0 fully saturated rings. The van der Waals surface area contributed by atoms with Crippen LogP contribution in [0.4, 0.5) is 0 Å². The second kappa shape index (κ2) is 6.11. The minimum Gasteiger partial charge on any atom is -0.390 e. The first-order valence-corrected chi connectivity index (χ1v) is 7.82. The first-order valence-electron chi connectivity index (χ1n) is 6.04. The van der Waals surface area contributed by atoms with Crippen LogP contribution in [0.5, 0.6) is 0 Å². The molecule has 2 heterocycles. The summed E-state index contributed by atoms with van der Waals surface area (Å²) in [5.74, 6) is 0.797. The predicted molar refractivity (Wildman–Crippen MR) is 79.0 cm³/mol. The molecule has 1 N–H and O–H groups in total. The van der Waals surface area contributed by atoms with Crippen LogP contribution in [-0.2, 0) is 26.0 Å². The van der Waals surface area contributed by atoms with Crippen molar-refractivity contribution >= 4 is 27.7 Å². The number of hydrogen-bond acceptors (Lipinski definition) is 4. The van der Waals surface area contributed by atoms with Crippen LogP contribution in [0.1, 0.15) is 24.0 Å². The van der Waals surface area contributed by atoms with Gasteiger partial charge in [0.2, 0.25) is 0 Å². The standard InChI is InChI=1S/C12H17BrN4OS/c1-4-17-10(11(13)8(2)15-17)7-19-12-14-5-9(6-18)16(12)3/h5,18H,4,6-7H2,1-3H3. The third-order valence-electron chi connectivity index (χ3n) is 2.99. The van der Waals surface area contributed by atoms with E-state index in [-0.39, 0.29) is 6.61 Å². The molecule has 0 unspecified atom stereocenters. The van der Waals surface area contributed by atoms with Crippen molar-refractivity contribution in [3.8, 4) is 0 Å². The van der Waals surface area contributed by atoms with Gasteiger partial charge in [-0.15, -0.1) is 0 Å². The van der Waals surface area contributed by atoms with Crippen LogP contribution < -0.4 is 0 Å². The van der Waals surface area contributed by atoms with E-state index in [9.17, 15) is 0 Å². The number of imidazole rings is 1. The topological polar surface area (TPSA) is 55.9 Å². The van der Waals surface area contributed by atoms with E-state index in [0.717, 1.165) is 33.3 Å². The Morgan fingerprint density at radius 2 is 2.21 bits per heavy atom. The highest BCUT2D eigenvalue weighted by atomic mass is 79.9. The van der Waals surface area contributed by atoms with E-state index in [1.54, 1.807) is 18.0 Å². The quantitative estimate of drug-likeness (QED) is 0.846. The van der Waals surface area contributed by atoms with E-state index in [1.807, 2.05) is 23.2 Å². The Morgan fingerprint density at radius 1 is 1.47 bits per heavy atom. The molecular formula is C12H17BrN4OS. The molecular weight excluding hydrogens is 328 g/mol. The number of halogens is 1. The number of aryl methyl sites for hydroxylation is 2. The first kappa shape index (κ1) is 14.6. The molecule has 2 aromatic heterocycles. The van der Waals surface area contributed by atoms with E-state index in [2.05, 4.69) is 32.9 Å². The highest BCUT2D eigenvalue weighted by molar-refractivity contribution is 9.10. The molecule has 0 saturated carbocycles. The van der Waals surface area contributed by atoms with Gasteiger partial charge >= 0.3 is 0 Å². The fourth-order valence-corrected chi connectivity index (χ4v) is 3.45. The van der Waals surface area contributed by atoms with Crippen molar-refractivity contribution in [2.24, 2.45) is 7.05 Å². The van der Waals surface area contributed by atoms with E-state index >= 15 is 0 Å². The molecule has 0 amide bonds. The molecule has 19 heavy (non-hydrogen) atoms. The lowest BCUT2D eigenvalue weighted by atomic mass is 10.4. The van der Waals surface area contributed by atoms with E-state index in [0.29, 0.717) is 0 Å². The third kappa shape index (κ3) is 2.88. The van der Waals surface area contributed by atoms with Crippen LogP contribution in [0.3, 0.4) is 0 Å². The van der Waals surface area contributed by atoms with Crippen LogP contribution in [0.15, 0.2) is 15.8 Å². The molecule has 0 aromatic carbocycles. The summed E-state index contributed by atoms with van der Waals surface area (Å²) in [7, 11) is 1.91. The molecule has 0 aliphatic heterocycles. The summed E-state index contributed by atoms with van der Waals surface area (Å²) in [4.78, 5) is 4.31. The Hall–Kier alpha value is -0.790. The normalized spacial score (nSPS) is 11.2. The van der Waals surface area contributed by atoms with Gasteiger partial charge in [-0.2, -0.15) is 5.10 Å². The molecule has 0 atom stereocenters. The van der Waals surface area contributed by atoms with Crippen molar-refractivity contribution < 1.29 is 5.11 Å². The Labute approximate surface area is 125 Å². The molecule has 0 bridgehead atoms. The molecule has 0 saturated heterocycles. The summed E-state index contributed by atoms with van der Waals surface area (Å²) in [6, 6.07) is 0. The number of aliphatic hydroxyl groups excluding tert-OH is 1. The van der Waals surface area contributed by atoms with E-state index in [1.165, 1.54) is 5.69 Å². The second-order valence-electron chi connectivity index (χ2n) is 4.20. The number of aliphatic hydroxyl groups is 1. The maximum absolute atomic E-state index is 9.15. The number of aromatic nitrogens is 4. The van der Waals surface area contributed by atoms with E-state index < -0.39 is 0 Å². The van der Waals surface area contributed by atoms with Gasteiger partial charge in [-0.05, 0) is 29.8 Å². The Kier molecular flexibility index (Phi) is 4.70. The molecule has 0 aliphatic rings. The van der Waals surface area contributed by atoms with Crippen LogP contribution >= 0.6 is 27.7 Å². The number of thioether (sulfide) groups is 1. The summed E-state index contributed by atoms with van der Waals surface area (Å²) in [5, 5.41) is 14.5. The van der Waals surface area contributed by atoms with Crippen LogP contribution in [0.2, 0.25) is 0 Å². The lowest BCUT2D eigenvalue weighted by Gasteiger charge is -2.06. The van der Waals surface area contributed by atoms with Crippen molar-refractivity contribution in [2.45, 2.75) is 37.9 Å². The van der Waals surface area contributed by atoms with Gasteiger partial charge in [-0.1, -0.05) is 11.8 Å². The van der Waals surface area contributed by atoms with Gasteiger partial charge < -0.3 is 9.67 Å². The minimum atomic E-state index is 0.0136. The second-order valence-corrected chi connectivity index (χ2v) is 5.94. The van der Waals surface area contributed by atoms with Crippen molar-refractivity contribution in [3.05, 3.63) is 27.8 Å². The van der Waals surface area contributed by atoms with Gasteiger partial charge in [0, 0.05) is 19.3 Å². The average Bonchev–Trinajstić information content (AvgIpc) is 2.89. The maximum atomic E-state index is 9.15. The maximum Gasteiger partial charge on any atom is 0.168 e. The zero-order valence-corrected chi connectivity index (χ0v) is 13.6. The molecule has 2 rings (SSSR count). The van der Waals surface area contributed by atoms with Gasteiger partial charge in [-0.25, -0.2) is 4.98 Å². The summed E-state index contributed by atoms with van der Waals surface area (Å²) < 4.78 is 4.99. The molecule has 104 valence electrons. The predicted octanol–water partition coefficient (Wildman–Crippen LogP) is 2.49. The van der Waals surface area contributed by atoms with Crippen molar-refractivity contribution in [2.75, 3.05) is 0 Å².